The molecule has 0 nitrogen and oxygen atoms in total. The van der Waals surface area contributed by atoms with Crippen LogP contribution < -0.4 is 0 Å². The van der Waals surface area contributed by atoms with E-state index in [1.807, 2.05) is 0 Å². The van der Waals surface area contributed by atoms with Crippen molar-refractivity contribution in [2.75, 3.05) is 0 Å². The first-order chi connectivity index (χ1) is 5.52. The van der Waals surface area contributed by atoms with Crippen molar-refractivity contribution in [3.05, 3.63) is 23.6 Å². The van der Waals surface area contributed by atoms with Crippen molar-refractivity contribution >= 4 is 0 Å². The van der Waals surface area contributed by atoms with Gasteiger partial charge in [-0.25, -0.2) is 4.39 Å². The summed E-state index contributed by atoms with van der Waals surface area (Å²) >= 11 is 0. The van der Waals surface area contributed by atoms with Crippen LogP contribution in [0.3, 0.4) is 0 Å². The summed E-state index contributed by atoms with van der Waals surface area (Å²) in [5.41, 5.74) is 1.19. The standard InChI is InChI=1S/C9H9F3/c1-5-2-3-6(5)7-4-9(11,12)8(7)10/h6H,1-4H2. The van der Waals surface area contributed by atoms with E-state index < -0.39 is 18.2 Å². The molecule has 0 heterocycles. The molecule has 1 fully saturated rings. The minimum Gasteiger partial charge on any atom is -0.205 e. The van der Waals surface area contributed by atoms with Crippen molar-refractivity contribution in [3.8, 4) is 0 Å². The quantitative estimate of drug-likeness (QED) is 0.535. The summed E-state index contributed by atoms with van der Waals surface area (Å²) in [7, 11) is 0. The van der Waals surface area contributed by atoms with Gasteiger partial charge in [-0.1, -0.05) is 12.2 Å². The highest BCUT2D eigenvalue weighted by Gasteiger charge is 2.51. The third kappa shape index (κ3) is 0.853. The molecular weight excluding hydrogens is 165 g/mol. The Morgan fingerprint density at radius 2 is 2.08 bits per heavy atom. The fourth-order valence-corrected chi connectivity index (χ4v) is 1.71. The second-order valence-electron chi connectivity index (χ2n) is 3.47. The molecule has 0 saturated heterocycles. The Balaban J connectivity index is 2.18. The van der Waals surface area contributed by atoms with Gasteiger partial charge in [-0.15, -0.1) is 0 Å². The molecule has 2 aliphatic carbocycles. The van der Waals surface area contributed by atoms with E-state index in [9.17, 15) is 13.2 Å². The minimum atomic E-state index is -3.18. The molecule has 66 valence electrons. The van der Waals surface area contributed by atoms with Gasteiger partial charge in [0.2, 0.25) is 0 Å². The SMILES string of the molecule is C=C1CCC1C1=C(F)C(F)(F)C1. The molecule has 12 heavy (non-hydrogen) atoms. The molecule has 2 aliphatic rings. The van der Waals surface area contributed by atoms with Crippen LogP contribution in [0.2, 0.25) is 0 Å². The van der Waals surface area contributed by atoms with Gasteiger partial charge in [0.25, 0.3) is 0 Å². The predicted octanol–water partition coefficient (Wildman–Crippen LogP) is 3.22. The molecule has 0 spiro atoms. The van der Waals surface area contributed by atoms with Gasteiger partial charge in [0.15, 0.2) is 5.83 Å². The normalized spacial score (nSPS) is 32.9. The summed E-state index contributed by atoms with van der Waals surface area (Å²) in [6.45, 7) is 3.68. The molecule has 0 aromatic carbocycles. The number of alkyl halides is 2. The van der Waals surface area contributed by atoms with Gasteiger partial charge in [-0.2, -0.15) is 8.78 Å². The number of halogens is 3. The van der Waals surface area contributed by atoms with Crippen LogP contribution in [0.25, 0.3) is 0 Å². The average molecular weight is 174 g/mol. The lowest BCUT2D eigenvalue weighted by Crippen LogP contribution is -2.35. The predicted molar refractivity (Wildman–Crippen MR) is 39.6 cm³/mol. The topological polar surface area (TPSA) is 0 Å². The summed E-state index contributed by atoms with van der Waals surface area (Å²) in [5.74, 6) is -4.46. The zero-order valence-electron chi connectivity index (χ0n) is 6.54. The summed E-state index contributed by atoms with van der Waals surface area (Å²) in [4.78, 5) is 0. The molecule has 2 rings (SSSR count). The van der Waals surface area contributed by atoms with Gasteiger partial charge in [0.1, 0.15) is 0 Å². The van der Waals surface area contributed by atoms with Crippen LogP contribution in [0.1, 0.15) is 19.3 Å². The Hall–Kier alpha value is -0.730. The zero-order valence-corrected chi connectivity index (χ0v) is 6.54. The molecule has 0 aromatic heterocycles. The Kier molecular flexibility index (Phi) is 1.41. The molecule has 1 atom stereocenters. The molecule has 0 aromatic rings. The maximum atomic E-state index is 12.7. The Morgan fingerprint density at radius 1 is 1.42 bits per heavy atom. The van der Waals surface area contributed by atoms with Crippen molar-refractivity contribution in [1.82, 2.24) is 0 Å². The third-order valence-corrected chi connectivity index (χ3v) is 2.68. The van der Waals surface area contributed by atoms with Gasteiger partial charge in [-0.05, 0) is 18.4 Å². The molecule has 1 unspecified atom stereocenters. The molecule has 0 amide bonds. The lowest BCUT2D eigenvalue weighted by Gasteiger charge is -2.38. The average Bonchev–Trinajstić information content (AvgIpc) is 2.00. The van der Waals surface area contributed by atoms with E-state index in [1.54, 1.807) is 0 Å². The highest BCUT2D eigenvalue weighted by atomic mass is 19.3. The monoisotopic (exact) mass is 174 g/mol. The Bertz CT molecular complexity index is 275. The molecule has 0 bridgehead atoms. The summed E-state index contributed by atoms with van der Waals surface area (Å²) in [6, 6.07) is 0. The van der Waals surface area contributed by atoms with Gasteiger partial charge in [-0.3, -0.25) is 0 Å². The summed E-state index contributed by atoms with van der Waals surface area (Å²) < 4.78 is 37.4. The summed E-state index contributed by atoms with van der Waals surface area (Å²) in [5, 5.41) is 0. The van der Waals surface area contributed by atoms with E-state index in [0.717, 1.165) is 18.4 Å². The smallest absolute Gasteiger partial charge is 0.205 e. The third-order valence-electron chi connectivity index (χ3n) is 2.68. The summed E-state index contributed by atoms with van der Waals surface area (Å²) in [6.07, 6.45) is 1.24. The van der Waals surface area contributed by atoms with E-state index in [0.29, 0.717) is 0 Å². The van der Waals surface area contributed by atoms with Gasteiger partial charge >= 0.3 is 5.92 Å². The van der Waals surface area contributed by atoms with E-state index in [-0.39, 0.29) is 11.5 Å². The van der Waals surface area contributed by atoms with Crippen LogP contribution in [0.5, 0.6) is 0 Å². The second-order valence-corrected chi connectivity index (χ2v) is 3.47. The van der Waals surface area contributed by atoms with Gasteiger partial charge in [0, 0.05) is 12.3 Å². The molecule has 1 saturated carbocycles. The number of hydrogen-bond acceptors (Lipinski definition) is 0. The van der Waals surface area contributed by atoms with Crippen molar-refractivity contribution in [2.24, 2.45) is 5.92 Å². The first-order valence-corrected chi connectivity index (χ1v) is 3.97. The molecule has 0 N–H and O–H groups in total. The van der Waals surface area contributed by atoms with Crippen LogP contribution in [0, 0.1) is 5.92 Å². The van der Waals surface area contributed by atoms with Crippen LogP contribution in [-0.2, 0) is 0 Å². The van der Waals surface area contributed by atoms with Crippen LogP contribution in [0.4, 0.5) is 13.2 Å². The molecule has 0 aliphatic heterocycles. The lowest BCUT2D eigenvalue weighted by molar-refractivity contribution is -0.0154. The van der Waals surface area contributed by atoms with Crippen molar-refractivity contribution in [3.63, 3.8) is 0 Å². The first kappa shape index (κ1) is 7.90. The van der Waals surface area contributed by atoms with Crippen molar-refractivity contribution in [1.29, 1.82) is 0 Å². The molecular formula is C9H9F3. The fourth-order valence-electron chi connectivity index (χ4n) is 1.71. The van der Waals surface area contributed by atoms with E-state index >= 15 is 0 Å². The van der Waals surface area contributed by atoms with Crippen LogP contribution >= 0.6 is 0 Å². The number of rotatable bonds is 1. The van der Waals surface area contributed by atoms with E-state index in [4.69, 9.17) is 0 Å². The molecule has 0 radical (unpaired) electrons. The zero-order chi connectivity index (χ0) is 8.93. The van der Waals surface area contributed by atoms with Crippen molar-refractivity contribution in [2.45, 2.75) is 25.2 Å². The maximum absolute atomic E-state index is 12.7. The van der Waals surface area contributed by atoms with E-state index in [2.05, 4.69) is 6.58 Å². The lowest BCUT2D eigenvalue weighted by atomic mass is 9.69. The van der Waals surface area contributed by atoms with Gasteiger partial charge < -0.3 is 0 Å². The van der Waals surface area contributed by atoms with Crippen LogP contribution in [-0.4, -0.2) is 5.92 Å². The van der Waals surface area contributed by atoms with Crippen molar-refractivity contribution < 1.29 is 13.2 Å². The molecule has 3 heteroatoms. The Morgan fingerprint density at radius 3 is 2.33 bits per heavy atom. The van der Waals surface area contributed by atoms with E-state index in [1.165, 1.54) is 0 Å². The number of hydrogen-bond donors (Lipinski definition) is 0. The highest BCUT2D eigenvalue weighted by molar-refractivity contribution is 5.38. The highest BCUT2D eigenvalue weighted by Crippen LogP contribution is 2.53. The first-order valence-electron chi connectivity index (χ1n) is 3.97. The second kappa shape index (κ2) is 2.15. The van der Waals surface area contributed by atoms with Crippen LogP contribution in [0.15, 0.2) is 23.6 Å². The largest absolute Gasteiger partial charge is 0.302 e. The van der Waals surface area contributed by atoms with Gasteiger partial charge in [0.05, 0.1) is 0 Å². The maximum Gasteiger partial charge on any atom is 0.302 e. The fraction of sp³-hybridized carbons (Fsp3) is 0.556. The minimum absolute atomic E-state index is 0.0791. The Labute approximate surface area is 68.8 Å². The number of allylic oxidation sites excluding steroid dienone is 3.